The summed E-state index contributed by atoms with van der Waals surface area (Å²) < 4.78 is 25.6. The summed E-state index contributed by atoms with van der Waals surface area (Å²) in [7, 11) is -1.38. The van der Waals surface area contributed by atoms with E-state index in [2.05, 4.69) is 34.7 Å². The number of hydrogen-bond donors (Lipinski definition) is 1. The van der Waals surface area contributed by atoms with Crippen molar-refractivity contribution in [3.05, 3.63) is 31.0 Å². The number of hydrogen-bond acceptors (Lipinski definition) is 8. The monoisotopic (exact) mass is 427 g/mol. The van der Waals surface area contributed by atoms with Crippen molar-refractivity contribution in [2.75, 3.05) is 35.7 Å². The minimum Gasteiger partial charge on any atom is -0.356 e. The molecule has 1 saturated heterocycles. The molecule has 0 amide bonds. The molecule has 1 N–H and O–H groups in total. The minimum absolute atomic E-state index is 0.129. The Bertz CT molecular complexity index is 1130. The van der Waals surface area contributed by atoms with Crippen molar-refractivity contribution in [3.63, 3.8) is 0 Å². The van der Waals surface area contributed by atoms with Crippen molar-refractivity contribution in [2.45, 2.75) is 36.6 Å². The number of H-pyrrole nitrogens is 1. The van der Waals surface area contributed by atoms with Crippen LogP contribution in [0, 0.1) is 5.92 Å². The lowest BCUT2D eigenvalue weighted by Gasteiger charge is -2.41. The molecule has 1 aliphatic heterocycles. The molecule has 0 atom stereocenters. The van der Waals surface area contributed by atoms with Crippen LogP contribution in [0.1, 0.15) is 25.7 Å². The zero-order valence-electron chi connectivity index (χ0n) is 16.9. The van der Waals surface area contributed by atoms with Gasteiger partial charge >= 0.3 is 0 Å². The van der Waals surface area contributed by atoms with Gasteiger partial charge in [-0.2, -0.15) is 0 Å². The van der Waals surface area contributed by atoms with E-state index in [-0.39, 0.29) is 22.6 Å². The Labute approximate surface area is 175 Å². The minimum atomic E-state index is -3.39. The van der Waals surface area contributed by atoms with E-state index in [1.54, 1.807) is 6.33 Å². The average Bonchev–Trinajstić information content (AvgIpc) is 3.41. The van der Waals surface area contributed by atoms with Crippen LogP contribution >= 0.6 is 0 Å². The molecule has 5 rings (SSSR count). The largest absolute Gasteiger partial charge is 0.356 e. The normalized spacial score (nSPS) is 21.7. The standard InChI is InChI=1S/C20H25N7O2S/c1-26(19-17-4-5-21-18(17)24-13-25-19)15-8-14(9-15)12-30(28,29)16-10-22-20(23-11-16)27-6-2-3-7-27/h4-5,10-11,13-15H,2-3,6-9,12H2,1H3,(H,21,24,25). The molecule has 3 aromatic heterocycles. The SMILES string of the molecule is CN(c1ncnc2[nH]ccc12)C1CC(CS(=O)(=O)c2cnc(N3CCCC3)nc2)C1. The Morgan fingerprint density at radius 2 is 1.87 bits per heavy atom. The van der Waals surface area contributed by atoms with Crippen LogP contribution in [0.4, 0.5) is 11.8 Å². The first-order valence-corrected chi connectivity index (χ1v) is 12.0. The van der Waals surface area contributed by atoms with Crippen LogP contribution in [0.15, 0.2) is 35.9 Å². The third-order valence-corrected chi connectivity index (χ3v) is 8.08. The topological polar surface area (TPSA) is 108 Å². The van der Waals surface area contributed by atoms with Gasteiger partial charge in [0.15, 0.2) is 9.84 Å². The van der Waals surface area contributed by atoms with E-state index in [0.717, 1.165) is 55.6 Å². The molecule has 158 valence electrons. The number of nitrogens with zero attached hydrogens (tertiary/aromatic N) is 6. The van der Waals surface area contributed by atoms with Crippen LogP contribution in [0.25, 0.3) is 11.0 Å². The average molecular weight is 428 g/mol. The van der Waals surface area contributed by atoms with Gasteiger partial charge in [0.05, 0.1) is 23.5 Å². The molecule has 0 aromatic carbocycles. The van der Waals surface area contributed by atoms with Crippen LogP contribution in [-0.2, 0) is 9.84 Å². The van der Waals surface area contributed by atoms with Crippen molar-refractivity contribution in [1.82, 2.24) is 24.9 Å². The van der Waals surface area contributed by atoms with E-state index in [0.29, 0.717) is 5.95 Å². The lowest BCUT2D eigenvalue weighted by Crippen LogP contribution is -2.45. The first-order chi connectivity index (χ1) is 14.5. The Morgan fingerprint density at radius 3 is 2.60 bits per heavy atom. The predicted molar refractivity (Wildman–Crippen MR) is 114 cm³/mol. The Hall–Kier alpha value is -2.75. The number of fused-ring (bicyclic) bond motifs is 1. The molecular formula is C20H25N7O2S. The maximum Gasteiger partial charge on any atom is 0.225 e. The third-order valence-electron chi connectivity index (χ3n) is 6.24. The van der Waals surface area contributed by atoms with E-state index < -0.39 is 9.84 Å². The Kier molecular flexibility index (Phi) is 4.80. The first kappa shape index (κ1) is 19.2. The van der Waals surface area contributed by atoms with Gasteiger partial charge in [0.2, 0.25) is 5.95 Å². The molecule has 0 unspecified atom stereocenters. The molecule has 0 spiro atoms. The molecule has 3 aromatic rings. The molecule has 30 heavy (non-hydrogen) atoms. The third kappa shape index (κ3) is 3.49. The number of anilines is 2. The highest BCUT2D eigenvalue weighted by molar-refractivity contribution is 7.91. The second-order valence-electron chi connectivity index (χ2n) is 8.23. The maximum absolute atomic E-state index is 12.8. The van der Waals surface area contributed by atoms with Crippen molar-refractivity contribution in [1.29, 1.82) is 0 Å². The van der Waals surface area contributed by atoms with Gasteiger partial charge in [-0.15, -0.1) is 0 Å². The van der Waals surface area contributed by atoms with Crippen molar-refractivity contribution >= 4 is 32.6 Å². The van der Waals surface area contributed by atoms with Crippen LogP contribution in [0.5, 0.6) is 0 Å². The fraction of sp³-hybridized carbons (Fsp3) is 0.500. The summed E-state index contributed by atoms with van der Waals surface area (Å²) in [6.45, 7) is 1.87. The fourth-order valence-corrected chi connectivity index (χ4v) is 5.93. The van der Waals surface area contributed by atoms with Crippen molar-refractivity contribution < 1.29 is 8.42 Å². The van der Waals surface area contributed by atoms with Gasteiger partial charge in [0, 0.05) is 32.4 Å². The molecule has 1 saturated carbocycles. The highest BCUT2D eigenvalue weighted by Crippen LogP contribution is 2.36. The lowest BCUT2D eigenvalue weighted by molar-refractivity contribution is 0.282. The quantitative estimate of drug-likeness (QED) is 0.637. The van der Waals surface area contributed by atoms with Crippen molar-refractivity contribution in [3.8, 4) is 0 Å². The fourth-order valence-electron chi connectivity index (χ4n) is 4.42. The highest BCUT2D eigenvalue weighted by atomic mass is 32.2. The van der Waals surface area contributed by atoms with Gasteiger partial charge in [-0.25, -0.2) is 28.4 Å². The summed E-state index contributed by atoms with van der Waals surface area (Å²) >= 11 is 0. The highest BCUT2D eigenvalue weighted by Gasteiger charge is 2.36. The molecule has 2 fully saturated rings. The molecule has 0 radical (unpaired) electrons. The summed E-state index contributed by atoms with van der Waals surface area (Å²) in [5, 5.41) is 0.978. The van der Waals surface area contributed by atoms with Crippen LogP contribution in [0.2, 0.25) is 0 Å². The van der Waals surface area contributed by atoms with E-state index in [1.165, 1.54) is 12.4 Å². The molecule has 1 aliphatic carbocycles. The Balaban J connectivity index is 1.21. The second-order valence-corrected chi connectivity index (χ2v) is 10.3. The van der Waals surface area contributed by atoms with E-state index in [9.17, 15) is 8.42 Å². The van der Waals surface area contributed by atoms with Gasteiger partial charge in [-0.1, -0.05) is 0 Å². The van der Waals surface area contributed by atoms with Gasteiger partial charge in [0.25, 0.3) is 0 Å². The molecule has 9 nitrogen and oxygen atoms in total. The van der Waals surface area contributed by atoms with E-state index >= 15 is 0 Å². The molecule has 0 bridgehead atoms. The zero-order valence-corrected chi connectivity index (χ0v) is 17.7. The van der Waals surface area contributed by atoms with Crippen LogP contribution < -0.4 is 9.80 Å². The van der Waals surface area contributed by atoms with Crippen molar-refractivity contribution in [2.24, 2.45) is 5.92 Å². The Morgan fingerprint density at radius 1 is 1.13 bits per heavy atom. The first-order valence-electron chi connectivity index (χ1n) is 10.3. The lowest BCUT2D eigenvalue weighted by atomic mass is 9.81. The summed E-state index contributed by atoms with van der Waals surface area (Å²) in [6.07, 6.45) is 10.2. The maximum atomic E-state index is 12.8. The number of aromatic nitrogens is 5. The predicted octanol–water partition coefficient (Wildman–Crippen LogP) is 2.04. The summed E-state index contributed by atoms with van der Waals surface area (Å²) in [6, 6.07) is 2.24. The van der Waals surface area contributed by atoms with Gasteiger partial charge < -0.3 is 14.8 Å². The smallest absolute Gasteiger partial charge is 0.225 e. The second kappa shape index (κ2) is 7.50. The summed E-state index contributed by atoms with van der Waals surface area (Å²) in [5.41, 5.74) is 0.808. The zero-order chi connectivity index (χ0) is 20.7. The number of aromatic amines is 1. The van der Waals surface area contributed by atoms with E-state index in [4.69, 9.17) is 0 Å². The molecule has 4 heterocycles. The number of sulfone groups is 1. The van der Waals surface area contributed by atoms with Crippen LogP contribution in [-0.4, -0.2) is 65.3 Å². The summed E-state index contributed by atoms with van der Waals surface area (Å²) in [5.74, 6) is 1.76. The number of rotatable bonds is 6. The molecule has 2 aliphatic rings. The molecule has 10 heteroatoms. The molecular weight excluding hydrogens is 402 g/mol. The van der Waals surface area contributed by atoms with Crippen LogP contribution in [0.3, 0.4) is 0 Å². The number of nitrogens with one attached hydrogen (secondary N) is 1. The van der Waals surface area contributed by atoms with E-state index in [1.807, 2.05) is 19.3 Å². The van der Waals surface area contributed by atoms with Gasteiger partial charge in [-0.3, -0.25) is 0 Å². The van der Waals surface area contributed by atoms with Gasteiger partial charge in [-0.05, 0) is 37.7 Å². The van der Waals surface area contributed by atoms with Gasteiger partial charge in [0.1, 0.15) is 22.7 Å². The summed E-state index contributed by atoms with van der Waals surface area (Å²) in [4.78, 5) is 24.8.